The van der Waals surface area contributed by atoms with Crippen molar-refractivity contribution >= 4 is 5.97 Å². The first-order chi connectivity index (χ1) is 18.7. The van der Waals surface area contributed by atoms with Crippen LogP contribution in [0.15, 0.2) is 11.1 Å². The molecule has 13 atom stereocenters. The van der Waals surface area contributed by atoms with Crippen molar-refractivity contribution in [2.24, 2.45) is 34.0 Å². The number of allylic oxidation sites excluding steroid dienone is 1. The molecule has 0 aromatic rings. The Balaban J connectivity index is 1.20. The molecule has 5 aliphatic heterocycles. The van der Waals surface area contributed by atoms with E-state index in [-0.39, 0.29) is 52.0 Å². The molecule has 2 spiro atoms. The molecule has 5 heterocycles. The van der Waals surface area contributed by atoms with Crippen LogP contribution in [0.1, 0.15) is 99.8 Å². The van der Waals surface area contributed by atoms with Crippen molar-refractivity contribution in [2.75, 3.05) is 7.11 Å². The van der Waals surface area contributed by atoms with Gasteiger partial charge in [0.1, 0.15) is 17.8 Å². The number of epoxide rings is 1. The first-order valence-corrected chi connectivity index (χ1v) is 15.9. The second-order valence-corrected chi connectivity index (χ2v) is 16.0. The van der Waals surface area contributed by atoms with Gasteiger partial charge in [-0.1, -0.05) is 45.8 Å². The summed E-state index contributed by atoms with van der Waals surface area (Å²) in [4.78, 5) is 12.6. The summed E-state index contributed by atoms with van der Waals surface area (Å²) < 4.78 is 38.8. The van der Waals surface area contributed by atoms with E-state index in [4.69, 9.17) is 28.4 Å². The Morgan fingerprint density at radius 2 is 1.77 bits per heavy atom. The molecule has 0 N–H and O–H groups in total. The van der Waals surface area contributed by atoms with Gasteiger partial charge in [-0.15, -0.1) is 0 Å². The van der Waals surface area contributed by atoms with Gasteiger partial charge in [0.2, 0.25) is 5.79 Å². The fourth-order valence-corrected chi connectivity index (χ4v) is 12.2. The predicted molar refractivity (Wildman–Crippen MR) is 146 cm³/mol. The summed E-state index contributed by atoms with van der Waals surface area (Å²) >= 11 is 0. The molecular formula is C33H48O7. The van der Waals surface area contributed by atoms with Crippen LogP contribution in [0.4, 0.5) is 0 Å². The van der Waals surface area contributed by atoms with E-state index in [0.29, 0.717) is 17.9 Å². The van der Waals surface area contributed by atoms with Crippen LogP contribution in [0.2, 0.25) is 0 Å². The minimum Gasteiger partial charge on any atom is -0.462 e. The molecule has 3 aliphatic carbocycles. The Morgan fingerprint density at radius 3 is 2.48 bits per heavy atom. The lowest BCUT2D eigenvalue weighted by Gasteiger charge is -2.56. The molecule has 0 aromatic carbocycles. The summed E-state index contributed by atoms with van der Waals surface area (Å²) in [5.41, 5.74) is 2.44. The molecule has 8 aliphatic rings. The maximum atomic E-state index is 12.6. The second kappa shape index (κ2) is 7.74. The van der Waals surface area contributed by atoms with Gasteiger partial charge in [-0.2, -0.15) is 0 Å². The topological polar surface area (TPSA) is 75.8 Å². The van der Waals surface area contributed by atoms with Gasteiger partial charge in [0.15, 0.2) is 6.29 Å². The highest BCUT2D eigenvalue weighted by molar-refractivity contribution is 5.66. The van der Waals surface area contributed by atoms with Gasteiger partial charge in [0, 0.05) is 37.7 Å². The molecule has 7 heteroatoms. The zero-order valence-electron chi connectivity index (χ0n) is 25.6. The molecule has 0 aromatic heterocycles. The Kier molecular flexibility index (Phi) is 5.15. The van der Waals surface area contributed by atoms with E-state index in [1.54, 1.807) is 19.6 Å². The highest BCUT2D eigenvalue weighted by Crippen LogP contribution is 2.74. The Bertz CT molecular complexity index is 1200. The molecule has 0 amide bonds. The lowest BCUT2D eigenvalue weighted by Crippen LogP contribution is -2.58. The Morgan fingerprint density at radius 1 is 1.00 bits per heavy atom. The zero-order chi connectivity index (χ0) is 28.3. The minimum absolute atomic E-state index is 0.00261. The molecule has 2 bridgehead atoms. The van der Waals surface area contributed by atoms with Gasteiger partial charge in [-0.25, -0.2) is 0 Å². The molecule has 8 rings (SSSR count). The molecule has 6 fully saturated rings. The van der Waals surface area contributed by atoms with Gasteiger partial charge in [-0.05, 0) is 68.6 Å². The number of rotatable bonds is 2. The molecule has 0 radical (unpaired) electrons. The standard InChI is InChI=1S/C33H48O7/c1-17-14-33(26-31(7,39-26)27(35-8)40-33)37-21-16-29(5)20-9-10-22-28(3,4)23-11-12-32(22,38-23)15-19(20)13-24(36-18(2)34)30(29,6)25(17)21/h17,21-27H,9-16H2,1-8H3/t17-,21+,22?,23+,24-,25+,26-,27+,29+,30-,31+,32+,33-/m1/s1. The van der Waals surface area contributed by atoms with Gasteiger partial charge < -0.3 is 28.4 Å². The number of methoxy groups -OCH3 is 1. The molecule has 222 valence electrons. The summed E-state index contributed by atoms with van der Waals surface area (Å²) in [5.74, 6) is 0.171. The molecule has 5 saturated heterocycles. The molecule has 1 saturated carbocycles. The highest BCUT2D eigenvalue weighted by atomic mass is 16.8. The minimum atomic E-state index is -0.777. The van der Waals surface area contributed by atoms with Crippen molar-refractivity contribution in [3.63, 3.8) is 0 Å². The predicted octanol–water partition coefficient (Wildman–Crippen LogP) is 5.69. The van der Waals surface area contributed by atoms with Gasteiger partial charge in [-0.3, -0.25) is 4.79 Å². The quantitative estimate of drug-likeness (QED) is 0.246. The van der Waals surface area contributed by atoms with Gasteiger partial charge in [0.25, 0.3) is 0 Å². The third-order valence-electron chi connectivity index (χ3n) is 14.0. The van der Waals surface area contributed by atoms with Crippen molar-refractivity contribution in [3.8, 4) is 0 Å². The summed E-state index contributed by atoms with van der Waals surface area (Å²) in [7, 11) is 1.69. The van der Waals surface area contributed by atoms with Crippen molar-refractivity contribution in [3.05, 3.63) is 11.1 Å². The molecule has 40 heavy (non-hydrogen) atoms. The number of carbonyl (C=O) groups excluding carboxylic acids is 1. The normalized spacial score (nSPS) is 58.6. The van der Waals surface area contributed by atoms with Crippen LogP contribution in [0, 0.1) is 34.0 Å². The van der Waals surface area contributed by atoms with Gasteiger partial charge in [0.05, 0.1) is 17.8 Å². The largest absolute Gasteiger partial charge is 0.462 e. The highest BCUT2D eigenvalue weighted by Gasteiger charge is 2.80. The SMILES string of the molecule is CO[C@H]1O[C@]2(C[C@@H](C)[C@H]3[C@H](C[C@@]4(C)C5=C(C[C@@H](OC(C)=O)[C@]34C)C[C@]34CC[C@H](O3)C(C)(C)C4CC5)O2)[C@@H]2O[C@]12C. The number of hydrogen-bond donors (Lipinski definition) is 0. The number of hydrogen-bond acceptors (Lipinski definition) is 7. The monoisotopic (exact) mass is 556 g/mol. The van der Waals surface area contributed by atoms with E-state index in [2.05, 4.69) is 41.5 Å². The zero-order valence-corrected chi connectivity index (χ0v) is 25.6. The average Bonchev–Trinajstić information content (AvgIpc) is 3.13. The molecular weight excluding hydrogens is 508 g/mol. The van der Waals surface area contributed by atoms with E-state index in [0.717, 1.165) is 44.9 Å². The van der Waals surface area contributed by atoms with Crippen LogP contribution in [0.3, 0.4) is 0 Å². The number of ether oxygens (including phenoxy) is 6. The maximum Gasteiger partial charge on any atom is 0.302 e. The summed E-state index contributed by atoms with van der Waals surface area (Å²) in [6, 6.07) is 0. The van der Waals surface area contributed by atoms with Crippen LogP contribution in [-0.4, -0.2) is 60.8 Å². The molecule has 1 unspecified atom stereocenters. The lowest BCUT2D eigenvalue weighted by atomic mass is 9.51. The maximum absolute atomic E-state index is 12.6. The van der Waals surface area contributed by atoms with Crippen molar-refractivity contribution in [1.29, 1.82) is 0 Å². The molecule has 7 nitrogen and oxygen atoms in total. The van der Waals surface area contributed by atoms with E-state index in [9.17, 15) is 4.79 Å². The average molecular weight is 557 g/mol. The lowest BCUT2D eigenvalue weighted by molar-refractivity contribution is -0.349. The van der Waals surface area contributed by atoms with Crippen LogP contribution in [0.25, 0.3) is 0 Å². The van der Waals surface area contributed by atoms with E-state index < -0.39 is 17.7 Å². The smallest absolute Gasteiger partial charge is 0.302 e. The first-order valence-electron chi connectivity index (χ1n) is 15.9. The third kappa shape index (κ3) is 2.93. The summed E-state index contributed by atoms with van der Waals surface area (Å²) in [6.45, 7) is 15.7. The first kappa shape index (κ1) is 26.6. The fourth-order valence-electron chi connectivity index (χ4n) is 12.2. The number of carbonyl (C=O) groups is 1. The number of fused-ring (bicyclic) bond motifs is 7. The Hall–Kier alpha value is -0.990. The third-order valence-corrected chi connectivity index (χ3v) is 14.0. The van der Waals surface area contributed by atoms with E-state index >= 15 is 0 Å². The van der Waals surface area contributed by atoms with E-state index in [1.165, 1.54) is 12.0 Å². The number of esters is 1. The fraction of sp³-hybridized carbons (Fsp3) is 0.909. The van der Waals surface area contributed by atoms with Crippen molar-refractivity contribution in [1.82, 2.24) is 0 Å². The van der Waals surface area contributed by atoms with E-state index in [1.807, 2.05) is 0 Å². The van der Waals surface area contributed by atoms with Crippen molar-refractivity contribution in [2.45, 2.75) is 148 Å². The van der Waals surface area contributed by atoms with Crippen LogP contribution < -0.4 is 0 Å². The Labute approximate surface area is 239 Å². The van der Waals surface area contributed by atoms with Crippen LogP contribution in [0.5, 0.6) is 0 Å². The van der Waals surface area contributed by atoms with Crippen LogP contribution >= 0.6 is 0 Å². The second-order valence-electron chi connectivity index (χ2n) is 16.0. The van der Waals surface area contributed by atoms with Crippen molar-refractivity contribution < 1.29 is 33.2 Å². The van der Waals surface area contributed by atoms with Crippen LogP contribution in [-0.2, 0) is 33.2 Å². The summed E-state index contributed by atoms with van der Waals surface area (Å²) in [6.07, 6.45) is 7.72. The van der Waals surface area contributed by atoms with Gasteiger partial charge >= 0.3 is 5.97 Å². The summed E-state index contributed by atoms with van der Waals surface area (Å²) in [5, 5.41) is 0.